The number of pyridine rings is 2. The molecule has 1 aromatic carbocycles. The number of hydrogen-bond acceptors (Lipinski definition) is 8. The number of piperazine rings is 1. The fraction of sp³-hybridized carbons (Fsp3) is 0.400. The van der Waals surface area contributed by atoms with Gasteiger partial charge in [-0.1, -0.05) is 13.8 Å². The van der Waals surface area contributed by atoms with Gasteiger partial charge in [-0.2, -0.15) is 0 Å². The molecule has 3 amide bonds. The Morgan fingerprint density at radius 3 is 2.45 bits per heavy atom. The van der Waals surface area contributed by atoms with Crippen molar-refractivity contribution in [3.63, 3.8) is 0 Å². The predicted molar refractivity (Wildman–Crippen MR) is 162 cm³/mol. The van der Waals surface area contributed by atoms with Gasteiger partial charge in [0.05, 0.1) is 17.6 Å². The number of rotatable bonds is 5. The zero-order valence-corrected chi connectivity index (χ0v) is 24.1. The molecule has 220 valence electrons. The Kier molecular flexibility index (Phi) is 7.13. The first kappa shape index (κ1) is 27.4. The summed E-state index contributed by atoms with van der Waals surface area (Å²) in [5.41, 5.74) is 3.94. The molecule has 6 rings (SSSR count). The lowest BCUT2D eigenvalue weighted by atomic mass is 9.85. The van der Waals surface area contributed by atoms with Crippen LogP contribution in [-0.4, -0.2) is 84.1 Å². The molecular formula is C30H36N8O4. The molecule has 0 atom stereocenters. The quantitative estimate of drug-likeness (QED) is 0.365. The van der Waals surface area contributed by atoms with Crippen LogP contribution < -0.4 is 31.1 Å². The Bertz CT molecular complexity index is 1550. The first-order valence-corrected chi connectivity index (χ1v) is 14.2. The van der Waals surface area contributed by atoms with E-state index in [1.165, 1.54) is 6.20 Å². The summed E-state index contributed by atoms with van der Waals surface area (Å²) in [7, 11) is 0. The number of amides is 3. The maximum absolute atomic E-state index is 13.3. The molecule has 0 unspecified atom stereocenters. The van der Waals surface area contributed by atoms with Crippen LogP contribution in [0.25, 0.3) is 0 Å². The van der Waals surface area contributed by atoms with Crippen molar-refractivity contribution in [2.75, 3.05) is 73.3 Å². The molecule has 12 heteroatoms. The third-order valence-corrected chi connectivity index (χ3v) is 7.95. The van der Waals surface area contributed by atoms with Gasteiger partial charge in [-0.25, -0.2) is 9.78 Å². The third-order valence-electron chi connectivity index (χ3n) is 7.95. The van der Waals surface area contributed by atoms with E-state index in [1.807, 2.05) is 41.0 Å². The van der Waals surface area contributed by atoms with Gasteiger partial charge in [-0.05, 0) is 37.3 Å². The third kappa shape index (κ3) is 5.44. The predicted octanol–water partition coefficient (Wildman–Crippen LogP) is 3.46. The van der Waals surface area contributed by atoms with Gasteiger partial charge >= 0.3 is 6.03 Å². The molecule has 5 heterocycles. The largest absolute Gasteiger partial charge is 0.474 e. The number of nitrogens with zero attached hydrogens (tertiary/aromatic N) is 4. The van der Waals surface area contributed by atoms with Crippen LogP contribution in [0.15, 0.2) is 47.5 Å². The Balaban J connectivity index is 1.10. The van der Waals surface area contributed by atoms with Crippen LogP contribution in [0.1, 0.15) is 29.8 Å². The summed E-state index contributed by atoms with van der Waals surface area (Å²) in [6, 6.07) is 9.30. The molecule has 0 bridgehead atoms. The normalized spacial score (nSPS) is 17.4. The van der Waals surface area contributed by atoms with E-state index in [0.717, 1.165) is 43.1 Å². The second kappa shape index (κ2) is 10.9. The minimum Gasteiger partial charge on any atom is -0.474 e. The Labute approximate surface area is 244 Å². The molecule has 3 aliphatic rings. The number of nitrogens with one attached hydrogen (secondary N) is 4. The van der Waals surface area contributed by atoms with Gasteiger partial charge in [0.2, 0.25) is 5.88 Å². The molecule has 42 heavy (non-hydrogen) atoms. The van der Waals surface area contributed by atoms with Crippen LogP contribution in [0.4, 0.5) is 33.2 Å². The van der Waals surface area contributed by atoms with E-state index in [4.69, 9.17) is 4.74 Å². The van der Waals surface area contributed by atoms with Crippen molar-refractivity contribution in [1.29, 1.82) is 0 Å². The summed E-state index contributed by atoms with van der Waals surface area (Å²) < 4.78 is 5.60. The maximum Gasteiger partial charge on any atom is 0.320 e. The van der Waals surface area contributed by atoms with Crippen LogP contribution in [0, 0.1) is 12.3 Å². The first-order valence-electron chi connectivity index (χ1n) is 14.2. The van der Waals surface area contributed by atoms with E-state index in [2.05, 4.69) is 44.7 Å². The summed E-state index contributed by atoms with van der Waals surface area (Å²) >= 11 is 0. The lowest BCUT2D eigenvalue weighted by Gasteiger charge is -2.48. The average molecular weight is 573 g/mol. The van der Waals surface area contributed by atoms with Crippen LogP contribution in [0.2, 0.25) is 0 Å². The number of ether oxygens (including phenoxy) is 1. The number of benzene rings is 1. The van der Waals surface area contributed by atoms with Crippen LogP contribution in [-0.2, 0) is 0 Å². The number of carbonyl (C=O) groups excluding carboxylic acids is 2. The Morgan fingerprint density at radius 1 is 1.00 bits per heavy atom. The van der Waals surface area contributed by atoms with Gasteiger partial charge in [0.15, 0.2) is 0 Å². The standard InChI is InChI=1S/C30H36N8O4/c1-19-23(16-33-28-25(19)31-10-15-42-28)35-22-8-9-32-26(39)24(22)27(40)34-20-4-6-21(7-5-20)36-11-13-37(14-12-36)29(41)38-17-30(2,3)18-38/h4-9,16,31H,10-15,17-18H2,1-3H3,(H,34,40)(H2,32,35,39). The Morgan fingerprint density at radius 2 is 1.74 bits per heavy atom. The second-order valence-corrected chi connectivity index (χ2v) is 11.8. The summed E-state index contributed by atoms with van der Waals surface area (Å²) in [6.07, 6.45) is 3.13. The number of likely N-dealkylation sites (tertiary alicyclic amines) is 1. The van der Waals surface area contributed by atoms with Gasteiger partial charge < -0.3 is 40.4 Å². The van der Waals surface area contributed by atoms with Crippen molar-refractivity contribution < 1.29 is 14.3 Å². The zero-order chi connectivity index (χ0) is 29.4. The van der Waals surface area contributed by atoms with Crippen LogP contribution in [0.3, 0.4) is 0 Å². The number of fused-ring (bicyclic) bond motifs is 1. The highest BCUT2D eigenvalue weighted by atomic mass is 16.5. The molecule has 0 spiro atoms. The monoisotopic (exact) mass is 572 g/mol. The van der Waals surface area contributed by atoms with Crippen molar-refractivity contribution in [3.05, 3.63) is 64.2 Å². The van der Waals surface area contributed by atoms with Gasteiger partial charge in [0.25, 0.3) is 11.5 Å². The van der Waals surface area contributed by atoms with Crippen molar-refractivity contribution in [2.24, 2.45) is 5.41 Å². The number of hydrogen-bond donors (Lipinski definition) is 4. The van der Waals surface area contributed by atoms with Crippen molar-refractivity contribution in [1.82, 2.24) is 19.8 Å². The summed E-state index contributed by atoms with van der Waals surface area (Å²) in [6.45, 7) is 11.9. The molecule has 2 fully saturated rings. The number of urea groups is 1. The van der Waals surface area contributed by atoms with Crippen LogP contribution in [0.5, 0.6) is 5.88 Å². The smallest absolute Gasteiger partial charge is 0.320 e. The molecule has 3 aromatic rings. The average Bonchev–Trinajstić information content (AvgIpc) is 2.97. The molecule has 3 aliphatic heterocycles. The van der Waals surface area contributed by atoms with Crippen molar-refractivity contribution in [2.45, 2.75) is 20.8 Å². The lowest BCUT2D eigenvalue weighted by molar-refractivity contribution is 0.0416. The van der Waals surface area contributed by atoms with E-state index in [-0.39, 0.29) is 17.0 Å². The molecule has 2 aromatic heterocycles. The highest BCUT2D eigenvalue weighted by Gasteiger charge is 2.39. The molecule has 0 saturated carbocycles. The number of aromatic amines is 1. The fourth-order valence-corrected chi connectivity index (χ4v) is 5.73. The number of anilines is 5. The molecular weight excluding hydrogens is 536 g/mol. The van der Waals surface area contributed by atoms with Gasteiger partial charge in [0, 0.05) is 74.4 Å². The highest BCUT2D eigenvalue weighted by Crippen LogP contribution is 2.34. The molecule has 2 saturated heterocycles. The van der Waals surface area contributed by atoms with E-state index >= 15 is 0 Å². The van der Waals surface area contributed by atoms with E-state index in [1.54, 1.807) is 12.3 Å². The van der Waals surface area contributed by atoms with Gasteiger partial charge in [-0.15, -0.1) is 0 Å². The van der Waals surface area contributed by atoms with E-state index < -0.39 is 11.5 Å². The van der Waals surface area contributed by atoms with E-state index in [9.17, 15) is 14.4 Å². The molecule has 0 radical (unpaired) electrons. The van der Waals surface area contributed by atoms with Crippen LogP contribution >= 0.6 is 0 Å². The molecule has 12 nitrogen and oxygen atoms in total. The minimum atomic E-state index is -0.529. The maximum atomic E-state index is 13.3. The minimum absolute atomic E-state index is 0.0331. The second-order valence-electron chi connectivity index (χ2n) is 11.8. The topological polar surface area (TPSA) is 135 Å². The zero-order valence-electron chi connectivity index (χ0n) is 24.1. The van der Waals surface area contributed by atoms with E-state index in [0.29, 0.717) is 49.2 Å². The molecule has 4 N–H and O–H groups in total. The molecule has 0 aliphatic carbocycles. The van der Waals surface area contributed by atoms with Crippen molar-refractivity contribution >= 4 is 40.4 Å². The van der Waals surface area contributed by atoms with Crippen molar-refractivity contribution in [3.8, 4) is 5.88 Å². The fourth-order valence-electron chi connectivity index (χ4n) is 5.73. The van der Waals surface area contributed by atoms with Gasteiger partial charge in [-0.3, -0.25) is 9.59 Å². The SMILES string of the molecule is Cc1c(Nc2cc[nH]c(=O)c2C(=O)Nc2ccc(N3CCN(C(=O)N4CC(C)(C)C4)CC3)cc2)cnc2c1NCCO2. The lowest BCUT2D eigenvalue weighted by Crippen LogP contribution is -2.61. The Hall–Kier alpha value is -4.74. The first-order chi connectivity index (χ1) is 20.2. The number of carbonyl (C=O) groups is 2. The number of H-pyrrole nitrogens is 1. The summed E-state index contributed by atoms with van der Waals surface area (Å²) in [4.78, 5) is 51.9. The number of aromatic nitrogens is 2. The van der Waals surface area contributed by atoms with Gasteiger partial charge in [0.1, 0.15) is 17.9 Å². The summed E-state index contributed by atoms with van der Waals surface area (Å²) in [5, 5.41) is 9.34. The summed E-state index contributed by atoms with van der Waals surface area (Å²) in [5.74, 6) is 0.00113. The highest BCUT2D eigenvalue weighted by molar-refractivity contribution is 6.08.